The van der Waals surface area contributed by atoms with E-state index >= 15 is 0 Å². The van der Waals surface area contributed by atoms with Gasteiger partial charge in [0.05, 0.1) is 24.1 Å². The van der Waals surface area contributed by atoms with E-state index < -0.39 is 0 Å². The van der Waals surface area contributed by atoms with Gasteiger partial charge in [-0.1, -0.05) is 37.5 Å². The van der Waals surface area contributed by atoms with Crippen LogP contribution in [0.3, 0.4) is 0 Å². The van der Waals surface area contributed by atoms with Gasteiger partial charge in [0.1, 0.15) is 0 Å². The fraction of sp³-hybridized carbons (Fsp3) is 0.333. The second kappa shape index (κ2) is 6.03. The Kier molecular flexibility index (Phi) is 3.72. The molecule has 0 aliphatic heterocycles. The van der Waals surface area contributed by atoms with Gasteiger partial charge in [-0.05, 0) is 25.0 Å². The van der Waals surface area contributed by atoms with Gasteiger partial charge in [-0.2, -0.15) is 10.2 Å². The van der Waals surface area contributed by atoms with Crippen LogP contribution in [0.2, 0.25) is 0 Å². The maximum absolute atomic E-state index is 10.3. The average Bonchev–Trinajstić information content (AvgIpc) is 3.19. The van der Waals surface area contributed by atoms with E-state index in [0.29, 0.717) is 17.4 Å². The van der Waals surface area contributed by atoms with Crippen LogP contribution in [-0.4, -0.2) is 29.8 Å². The number of rotatable bonds is 3. The van der Waals surface area contributed by atoms with Gasteiger partial charge >= 0.3 is 0 Å². The number of aromatic nitrogens is 4. The largest absolute Gasteiger partial charge is 0.504 e. The molecule has 3 aromatic rings. The number of hydrogen-bond donors (Lipinski definition) is 2. The molecule has 6 heteroatoms. The van der Waals surface area contributed by atoms with Crippen LogP contribution in [0.25, 0.3) is 17.1 Å². The lowest BCUT2D eigenvalue weighted by Crippen LogP contribution is -2.13. The zero-order valence-electron chi connectivity index (χ0n) is 13.3. The first-order valence-corrected chi connectivity index (χ1v) is 8.35. The fourth-order valence-corrected chi connectivity index (χ4v) is 3.33. The molecule has 1 aliphatic rings. The third kappa shape index (κ3) is 2.64. The van der Waals surface area contributed by atoms with Crippen molar-refractivity contribution in [2.45, 2.75) is 38.1 Å². The van der Waals surface area contributed by atoms with Crippen molar-refractivity contribution in [3.8, 4) is 28.6 Å². The summed E-state index contributed by atoms with van der Waals surface area (Å²) in [6, 6.07) is 9.85. The Labute approximate surface area is 140 Å². The Morgan fingerprint density at radius 2 is 1.50 bits per heavy atom. The summed E-state index contributed by atoms with van der Waals surface area (Å²) in [6.45, 7) is 0. The smallest absolute Gasteiger partial charge is 0.164 e. The quantitative estimate of drug-likeness (QED) is 0.771. The Bertz CT molecular complexity index is 832. The van der Waals surface area contributed by atoms with Crippen molar-refractivity contribution >= 4 is 0 Å². The number of aromatic hydroxyl groups is 2. The summed E-state index contributed by atoms with van der Waals surface area (Å²) in [4.78, 5) is 0. The van der Waals surface area contributed by atoms with E-state index in [1.165, 1.54) is 25.5 Å². The lowest BCUT2D eigenvalue weighted by Gasteiger charge is -2.21. The highest BCUT2D eigenvalue weighted by molar-refractivity contribution is 5.67. The number of nitrogens with zero attached hydrogens (tertiary/aromatic N) is 4. The van der Waals surface area contributed by atoms with Crippen LogP contribution < -0.4 is 0 Å². The maximum Gasteiger partial charge on any atom is 0.164 e. The molecular formula is C18H20N4O2. The van der Waals surface area contributed by atoms with Crippen LogP contribution in [0.5, 0.6) is 11.5 Å². The van der Waals surface area contributed by atoms with Gasteiger partial charge in [-0.25, -0.2) is 4.68 Å². The van der Waals surface area contributed by atoms with Gasteiger partial charge in [0.15, 0.2) is 22.9 Å². The lowest BCUT2D eigenvalue weighted by atomic mass is 9.96. The molecule has 0 bridgehead atoms. The molecule has 4 rings (SSSR count). The second-order valence-electron chi connectivity index (χ2n) is 6.28. The molecule has 24 heavy (non-hydrogen) atoms. The van der Waals surface area contributed by atoms with E-state index in [-0.39, 0.29) is 11.5 Å². The van der Waals surface area contributed by atoms with E-state index in [4.69, 9.17) is 0 Å². The predicted octanol–water partition coefficient (Wildman–Crippen LogP) is 3.65. The maximum atomic E-state index is 10.3. The zero-order valence-corrected chi connectivity index (χ0v) is 13.3. The SMILES string of the molecule is Oc1cn(-c2ccccc2)nc1-c1nn(C2CCCCC2)cc1O. The van der Waals surface area contributed by atoms with Crippen LogP contribution in [0.4, 0.5) is 0 Å². The van der Waals surface area contributed by atoms with Crippen LogP contribution in [-0.2, 0) is 0 Å². The van der Waals surface area contributed by atoms with Crippen molar-refractivity contribution in [3.63, 3.8) is 0 Å². The summed E-state index contributed by atoms with van der Waals surface area (Å²) < 4.78 is 3.41. The highest BCUT2D eigenvalue weighted by atomic mass is 16.3. The molecule has 2 heterocycles. The minimum Gasteiger partial charge on any atom is -0.504 e. The third-order valence-electron chi connectivity index (χ3n) is 4.60. The van der Waals surface area contributed by atoms with E-state index in [0.717, 1.165) is 18.5 Å². The van der Waals surface area contributed by atoms with Gasteiger partial charge in [-0.3, -0.25) is 4.68 Å². The molecule has 1 aliphatic carbocycles. The minimum absolute atomic E-state index is 0.00282. The van der Waals surface area contributed by atoms with Crippen molar-refractivity contribution in [2.24, 2.45) is 0 Å². The summed E-state index contributed by atoms with van der Waals surface area (Å²) in [5, 5.41) is 29.4. The Balaban J connectivity index is 1.69. The minimum atomic E-state index is 0.00282. The molecular weight excluding hydrogens is 304 g/mol. The molecule has 6 nitrogen and oxygen atoms in total. The topological polar surface area (TPSA) is 76.1 Å². The van der Waals surface area contributed by atoms with Gasteiger partial charge < -0.3 is 10.2 Å². The normalized spacial score (nSPS) is 15.7. The zero-order chi connectivity index (χ0) is 16.5. The van der Waals surface area contributed by atoms with Crippen molar-refractivity contribution in [3.05, 3.63) is 42.7 Å². The standard InChI is InChI=1S/C18H20N4O2/c23-15-11-21(13-7-3-1-4-8-13)19-17(15)18-16(24)12-22(20-18)14-9-5-2-6-10-14/h1,3-4,7-8,11-12,14,23-24H,2,5-6,9-10H2. The molecule has 1 fully saturated rings. The first-order valence-electron chi connectivity index (χ1n) is 8.35. The van der Waals surface area contributed by atoms with E-state index in [2.05, 4.69) is 10.2 Å². The molecule has 0 atom stereocenters. The summed E-state index contributed by atoms with van der Waals surface area (Å²) in [7, 11) is 0. The number of hydrogen-bond acceptors (Lipinski definition) is 4. The van der Waals surface area contributed by atoms with Gasteiger partial charge in [0.2, 0.25) is 0 Å². The van der Waals surface area contributed by atoms with Gasteiger partial charge in [0.25, 0.3) is 0 Å². The number of benzene rings is 1. The fourth-order valence-electron chi connectivity index (χ4n) is 3.33. The van der Waals surface area contributed by atoms with Crippen molar-refractivity contribution in [1.82, 2.24) is 19.6 Å². The van der Waals surface area contributed by atoms with Crippen LogP contribution in [0, 0.1) is 0 Å². The molecule has 0 radical (unpaired) electrons. The highest BCUT2D eigenvalue weighted by Gasteiger charge is 2.22. The van der Waals surface area contributed by atoms with Crippen LogP contribution >= 0.6 is 0 Å². The van der Waals surface area contributed by atoms with Gasteiger partial charge in [-0.15, -0.1) is 0 Å². The van der Waals surface area contributed by atoms with Crippen LogP contribution in [0.15, 0.2) is 42.7 Å². The summed E-state index contributed by atoms with van der Waals surface area (Å²) in [5.41, 5.74) is 1.46. The Hall–Kier alpha value is -2.76. The second-order valence-corrected chi connectivity index (χ2v) is 6.28. The van der Waals surface area contributed by atoms with E-state index in [1.807, 2.05) is 35.0 Å². The van der Waals surface area contributed by atoms with E-state index in [1.54, 1.807) is 10.9 Å². The first kappa shape index (κ1) is 14.8. The molecule has 1 saturated carbocycles. The predicted molar refractivity (Wildman–Crippen MR) is 90.2 cm³/mol. The Morgan fingerprint density at radius 3 is 2.25 bits per heavy atom. The summed E-state index contributed by atoms with van der Waals surface area (Å²) >= 11 is 0. The molecule has 0 spiro atoms. The van der Waals surface area contributed by atoms with Crippen LogP contribution in [0.1, 0.15) is 38.1 Å². The molecule has 0 saturated heterocycles. The molecule has 0 amide bonds. The lowest BCUT2D eigenvalue weighted by molar-refractivity contribution is 0.328. The monoisotopic (exact) mass is 324 g/mol. The summed E-state index contributed by atoms with van der Waals surface area (Å²) in [6.07, 6.45) is 8.97. The van der Waals surface area contributed by atoms with Gasteiger partial charge in [0, 0.05) is 0 Å². The molecule has 0 unspecified atom stereocenters. The molecule has 2 N–H and O–H groups in total. The number of para-hydroxylation sites is 1. The first-order chi connectivity index (χ1) is 11.7. The van der Waals surface area contributed by atoms with E-state index in [9.17, 15) is 10.2 Å². The highest BCUT2D eigenvalue weighted by Crippen LogP contribution is 2.36. The molecule has 1 aromatic carbocycles. The third-order valence-corrected chi connectivity index (χ3v) is 4.60. The molecule has 124 valence electrons. The Morgan fingerprint density at radius 1 is 0.833 bits per heavy atom. The summed E-state index contributed by atoms with van der Waals surface area (Å²) in [5.74, 6) is 0.0530. The van der Waals surface area contributed by atoms with Crippen molar-refractivity contribution in [1.29, 1.82) is 0 Å². The van der Waals surface area contributed by atoms with Crippen molar-refractivity contribution < 1.29 is 10.2 Å². The molecule has 2 aromatic heterocycles. The average molecular weight is 324 g/mol. The van der Waals surface area contributed by atoms with Crippen molar-refractivity contribution in [2.75, 3.05) is 0 Å².